The first kappa shape index (κ1) is 12.6. The first-order valence-corrected chi connectivity index (χ1v) is 6.14. The van der Waals surface area contributed by atoms with Crippen molar-refractivity contribution in [2.24, 2.45) is 0 Å². The van der Waals surface area contributed by atoms with E-state index >= 15 is 0 Å². The van der Waals surface area contributed by atoms with E-state index < -0.39 is 0 Å². The summed E-state index contributed by atoms with van der Waals surface area (Å²) in [6, 6.07) is 16.5. The van der Waals surface area contributed by atoms with Gasteiger partial charge in [0.15, 0.2) is 0 Å². The molecule has 2 rings (SSSR count). The largest absolute Gasteiger partial charge is 0.392 e. The summed E-state index contributed by atoms with van der Waals surface area (Å²) < 4.78 is 0. The highest BCUT2D eigenvalue weighted by atomic mass is 16.3. The van der Waals surface area contributed by atoms with Crippen LogP contribution in [0.4, 0.5) is 0 Å². The third kappa shape index (κ3) is 3.08. The molecule has 0 atom stereocenters. The highest BCUT2D eigenvalue weighted by molar-refractivity contribution is 5.66. The Balaban J connectivity index is 2.25. The second-order valence-corrected chi connectivity index (χ2v) is 4.70. The smallest absolute Gasteiger partial charge is 0.0681 e. The van der Waals surface area contributed by atoms with Crippen LogP contribution in [0.3, 0.4) is 0 Å². The van der Waals surface area contributed by atoms with Crippen molar-refractivity contribution in [3.8, 4) is 11.1 Å². The summed E-state index contributed by atoms with van der Waals surface area (Å²) in [5, 5.41) is 9.01. The van der Waals surface area contributed by atoms with Gasteiger partial charge in [-0.2, -0.15) is 0 Å². The molecular weight excluding hydrogens is 220 g/mol. The minimum absolute atomic E-state index is 0.0970. The predicted octanol–water partition coefficient (Wildman–Crippen LogP) is 4.27. The van der Waals surface area contributed by atoms with Crippen LogP contribution in [0.5, 0.6) is 0 Å². The molecule has 0 radical (unpaired) electrons. The Morgan fingerprint density at radius 3 is 1.83 bits per heavy atom. The van der Waals surface area contributed by atoms with Gasteiger partial charge in [-0.05, 0) is 36.1 Å². The van der Waals surface area contributed by atoms with Crippen LogP contribution in [0.25, 0.3) is 17.2 Å². The van der Waals surface area contributed by atoms with Crippen molar-refractivity contribution >= 4 is 6.08 Å². The summed E-state index contributed by atoms with van der Waals surface area (Å²) >= 11 is 0. The van der Waals surface area contributed by atoms with Crippen LogP contribution >= 0.6 is 0 Å². The Morgan fingerprint density at radius 2 is 1.39 bits per heavy atom. The maximum atomic E-state index is 9.01. The molecule has 0 aliphatic carbocycles. The fraction of sp³-hybridized carbons (Fsp3) is 0.176. The van der Waals surface area contributed by atoms with Crippen LogP contribution in [0, 0.1) is 0 Å². The van der Waals surface area contributed by atoms with Crippen LogP contribution < -0.4 is 0 Å². The standard InChI is InChI=1S/C17H18O/c1-13(2)11-14-3-7-16(8-4-14)17-9-5-15(12-18)6-10-17/h3-11,18H,12H2,1-2H3. The molecule has 0 bridgehead atoms. The quantitative estimate of drug-likeness (QED) is 0.846. The lowest BCUT2D eigenvalue weighted by Crippen LogP contribution is -1.83. The Morgan fingerprint density at radius 1 is 0.889 bits per heavy atom. The predicted molar refractivity (Wildman–Crippen MR) is 77.1 cm³/mol. The summed E-state index contributed by atoms with van der Waals surface area (Å²) in [7, 11) is 0. The summed E-state index contributed by atoms with van der Waals surface area (Å²) in [5.74, 6) is 0. The van der Waals surface area contributed by atoms with Gasteiger partial charge in [0.2, 0.25) is 0 Å². The molecule has 0 fully saturated rings. The highest BCUT2D eigenvalue weighted by Crippen LogP contribution is 2.21. The van der Waals surface area contributed by atoms with Gasteiger partial charge in [-0.1, -0.05) is 60.2 Å². The molecule has 2 aromatic rings. The molecule has 0 saturated carbocycles. The monoisotopic (exact) mass is 238 g/mol. The zero-order valence-corrected chi connectivity index (χ0v) is 10.9. The van der Waals surface area contributed by atoms with Gasteiger partial charge in [0.1, 0.15) is 0 Å². The molecule has 18 heavy (non-hydrogen) atoms. The fourth-order valence-electron chi connectivity index (χ4n) is 1.91. The summed E-state index contributed by atoms with van der Waals surface area (Å²) in [6.45, 7) is 4.29. The Kier molecular flexibility index (Phi) is 3.96. The number of hydrogen-bond donors (Lipinski definition) is 1. The molecule has 1 heteroatoms. The molecule has 0 unspecified atom stereocenters. The topological polar surface area (TPSA) is 20.2 Å². The van der Waals surface area contributed by atoms with Crippen LogP contribution in [-0.4, -0.2) is 5.11 Å². The molecular formula is C17H18O. The molecule has 0 aliphatic heterocycles. The van der Waals surface area contributed by atoms with Crippen LogP contribution in [-0.2, 0) is 6.61 Å². The van der Waals surface area contributed by atoms with Gasteiger partial charge >= 0.3 is 0 Å². The summed E-state index contributed by atoms with van der Waals surface area (Å²) in [4.78, 5) is 0. The van der Waals surface area contributed by atoms with E-state index in [1.807, 2.05) is 24.3 Å². The van der Waals surface area contributed by atoms with Gasteiger partial charge in [0, 0.05) is 0 Å². The van der Waals surface area contributed by atoms with Gasteiger partial charge < -0.3 is 5.11 Å². The van der Waals surface area contributed by atoms with E-state index in [-0.39, 0.29) is 6.61 Å². The summed E-state index contributed by atoms with van der Waals surface area (Å²) in [5.41, 5.74) is 5.85. The van der Waals surface area contributed by atoms with Crippen LogP contribution in [0.1, 0.15) is 25.0 Å². The number of hydrogen-bond acceptors (Lipinski definition) is 1. The number of aliphatic hydroxyl groups excluding tert-OH is 1. The van der Waals surface area contributed by atoms with E-state index in [4.69, 9.17) is 5.11 Å². The minimum Gasteiger partial charge on any atom is -0.392 e. The van der Waals surface area contributed by atoms with E-state index in [0.717, 1.165) is 5.56 Å². The molecule has 0 aromatic heterocycles. The molecule has 0 heterocycles. The maximum Gasteiger partial charge on any atom is 0.0681 e. The van der Waals surface area contributed by atoms with Gasteiger partial charge in [0.25, 0.3) is 0 Å². The molecule has 0 spiro atoms. The first-order chi connectivity index (χ1) is 8.69. The normalized spacial score (nSPS) is 10.2. The van der Waals surface area contributed by atoms with Crippen molar-refractivity contribution in [2.45, 2.75) is 20.5 Å². The molecule has 92 valence electrons. The van der Waals surface area contributed by atoms with Crippen molar-refractivity contribution in [3.63, 3.8) is 0 Å². The average molecular weight is 238 g/mol. The van der Waals surface area contributed by atoms with E-state index in [0.29, 0.717) is 0 Å². The van der Waals surface area contributed by atoms with Crippen molar-refractivity contribution in [1.82, 2.24) is 0 Å². The fourth-order valence-corrected chi connectivity index (χ4v) is 1.91. The van der Waals surface area contributed by atoms with Crippen molar-refractivity contribution in [1.29, 1.82) is 0 Å². The zero-order chi connectivity index (χ0) is 13.0. The van der Waals surface area contributed by atoms with E-state index in [9.17, 15) is 0 Å². The van der Waals surface area contributed by atoms with Crippen LogP contribution in [0.15, 0.2) is 54.1 Å². The van der Waals surface area contributed by atoms with Gasteiger partial charge in [-0.15, -0.1) is 0 Å². The van der Waals surface area contributed by atoms with Crippen molar-refractivity contribution < 1.29 is 5.11 Å². The molecule has 2 aromatic carbocycles. The molecule has 1 N–H and O–H groups in total. The van der Waals surface area contributed by atoms with E-state index in [2.05, 4.69) is 44.2 Å². The number of allylic oxidation sites excluding steroid dienone is 1. The Hall–Kier alpha value is -1.86. The van der Waals surface area contributed by atoms with Crippen molar-refractivity contribution in [3.05, 3.63) is 65.2 Å². The van der Waals surface area contributed by atoms with E-state index in [1.165, 1.54) is 22.3 Å². The summed E-state index contributed by atoms with van der Waals surface area (Å²) in [6.07, 6.45) is 2.17. The van der Waals surface area contributed by atoms with Crippen LogP contribution in [0.2, 0.25) is 0 Å². The second kappa shape index (κ2) is 5.65. The van der Waals surface area contributed by atoms with Crippen molar-refractivity contribution in [2.75, 3.05) is 0 Å². The first-order valence-electron chi connectivity index (χ1n) is 6.14. The average Bonchev–Trinajstić information content (AvgIpc) is 2.39. The third-order valence-electron chi connectivity index (χ3n) is 2.84. The molecule has 0 amide bonds. The van der Waals surface area contributed by atoms with E-state index in [1.54, 1.807) is 0 Å². The molecule has 0 aliphatic rings. The lowest BCUT2D eigenvalue weighted by atomic mass is 10.0. The second-order valence-electron chi connectivity index (χ2n) is 4.70. The lowest BCUT2D eigenvalue weighted by Gasteiger charge is -2.04. The number of benzene rings is 2. The zero-order valence-electron chi connectivity index (χ0n) is 10.9. The Labute approximate surface area is 108 Å². The van der Waals surface area contributed by atoms with Gasteiger partial charge in [0.05, 0.1) is 6.61 Å². The number of aliphatic hydroxyl groups is 1. The third-order valence-corrected chi connectivity index (χ3v) is 2.84. The van der Waals surface area contributed by atoms with Gasteiger partial charge in [-0.25, -0.2) is 0 Å². The highest BCUT2D eigenvalue weighted by Gasteiger charge is 1.98. The maximum absolute atomic E-state index is 9.01. The Bertz CT molecular complexity index is 529. The SMILES string of the molecule is CC(C)=Cc1ccc(-c2ccc(CO)cc2)cc1. The lowest BCUT2D eigenvalue weighted by molar-refractivity contribution is 0.282. The minimum atomic E-state index is 0.0970. The molecule has 0 saturated heterocycles. The van der Waals surface area contributed by atoms with Gasteiger partial charge in [-0.3, -0.25) is 0 Å². The molecule has 1 nitrogen and oxygen atoms in total. The number of rotatable bonds is 3.